The molecule has 9 rings (SSSR count). The number of benzene rings is 6. The van der Waals surface area contributed by atoms with Crippen molar-refractivity contribution >= 4 is 71.2 Å². The molecule has 0 aliphatic carbocycles. The van der Waals surface area contributed by atoms with E-state index in [1.807, 2.05) is 18.2 Å². The average Bonchev–Trinajstić information content (AvgIpc) is 3.74. The molecule has 0 amide bonds. The van der Waals surface area contributed by atoms with Crippen LogP contribution in [0.25, 0.3) is 88.1 Å². The van der Waals surface area contributed by atoms with Crippen LogP contribution in [-0.2, 0) is 0 Å². The lowest BCUT2D eigenvalue weighted by Crippen LogP contribution is -1.95. The predicted molar refractivity (Wildman–Crippen MR) is 194 cm³/mol. The monoisotopic (exact) mass is 588 g/mol. The Hall–Kier alpha value is -6.24. The van der Waals surface area contributed by atoms with Crippen LogP contribution in [0.2, 0.25) is 0 Å². The first-order valence-electron chi connectivity index (χ1n) is 15.5. The highest BCUT2D eigenvalue weighted by molar-refractivity contribution is 6.19. The van der Waals surface area contributed by atoms with Gasteiger partial charge >= 0.3 is 0 Å². The van der Waals surface area contributed by atoms with Crippen molar-refractivity contribution in [3.8, 4) is 29.2 Å². The van der Waals surface area contributed by atoms with Crippen molar-refractivity contribution in [2.24, 2.45) is 0 Å². The fourth-order valence-corrected chi connectivity index (χ4v) is 7.14. The number of rotatable bonds is 4. The van der Waals surface area contributed by atoms with Crippen LogP contribution in [0.4, 0.5) is 0 Å². The molecule has 0 radical (unpaired) electrons. The molecule has 0 bridgehead atoms. The molecule has 9 aromatic rings. The highest BCUT2D eigenvalue weighted by Crippen LogP contribution is 2.40. The van der Waals surface area contributed by atoms with E-state index in [2.05, 4.69) is 143 Å². The molecule has 46 heavy (non-hydrogen) atoms. The van der Waals surface area contributed by atoms with Gasteiger partial charge < -0.3 is 13.6 Å². The smallest absolute Gasteiger partial charge is 0.135 e. The summed E-state index contributed by atoms with van der Waals surface area (Å²) in [6, 6.07) is 45.6. The van der Waals surface area contributed by atoms with Crippen LogP contribution in [0, 0.1) is 12.3 Å². The number of allylic oxidation sites excluding steroid dienone is 4. The van der Waals surface area contributed by atoms with Crippen LogP contribution in [0.5, 0.6) is 0 Å². The zero-order valence-corrected chi connectivity index (χ0v) is 25.2. The first kappa shape index (κ1) is 26.2. The van der Waals surface area contributed by atoms with E-state index < -0.39 is 0 Å². The Labute approximate surface area is 265 Å². The normalized spacial score (nSPS) is 12.5. The van der Waals surface area contributed by atoms with Gasteiger partial charge in [-0.25, -0.2) is 0 Å². The van der Waals surface area contributed by atoms with Crippen LogP contribution < -0.4 is 0 Å². The molecule has 0 aliphatic rings. The lowest BCUT2D eigenvalue weighted by Gasteiger charge is -2.11. The molecule has 0 unspecified atom stereocenters. The van der Waals surface area contributed by atoms with Gasteiger partial charge in [-0.15, -0.1) is 6.42 Å². The van der Waals surface area contributed by atoms with Gasteiger partial charge in [-0.2, -0.15) is 0 Å². The topological polar surface area (TPSA) is 23.0 Å². The summed E-state index contributed by atoms with van der Waals surface area (Å²) in [7, 11) is 0. The Bertz CT molecular complexity index is 2770. The van der Waals surface area contributed by atoms with E-state index in [0.717, 1.165) is 44.4 Å². The molecule has 216 valence electrons. The quantitative estimate of drug-likeness (QED) is 0.148. The molecule has 3 aromatic heterocycles. The summed E-state index contributed by atoms with van der Waals surface area (Å²) in [6.45, 7) is 2.13. The van der Waals surface area contributed by atoms with Gasteiger partial charge in [0.05, 0.1) is 22.1 Å². The lowest BCUT2D eigenvalue weighted by molar-refractivity contribution is 0.669. The number of furan rings is 1. The Morgan fingerprint density at radius 3 is 2.11 bits per heavy atom. The predicted octanol–water partition coefficient (Wildman–Crippen LogP) is 11.5. The summed E-state index contributed by atoms with van der Waals surface area (Å²) in [6.07, 6.45) is 11.2. The highest BCUT2D eigenvalue weighted by atomic mass is 16.3. The number of hydrogen-bond donors (Lipinski definition) is 0. The third kappa shape index (κ3) is 3.87. The molecule has 0 aliphatic heterocycles. The molecular formula is C43H28N2O. The average molecular weight is 589 g/mol. The second-order valence-corrected chi connectivity index (χ2v) is 11.8. The summed E-state index contributed by atoms with van der Waals surface area (Å²) in [5, 5.41) is 7.15. The zero-order valence-electron chi connectivity index (χ0n) is 25.2. The van der Waals surface area contributed by atoms with Crippen LogP contribution in [0.15, 0.2) is 150 Å². The van der Waals surface area contributed by atoms with E-state index >= 15 is 0 Å². The van der Waals surface area contributed by atoms with Crippen LogP contribution in [-0.4, -0.2) is 9.13 Å². The van der Waals surface area contributed by atoms with E-state index in [1.165, 1.54) is 43.6 Å². The van der Waals surface area contributed by atoms with Gasteiger partial charge in [-0.1, -0.05) is 84.8 Å². The van der Waals surface area contributed by atoms with Gasteiger partial charge in [0.1, 0.15) is 11.2 Å². The van der Waals surface area contributed by atoms with Crippen molar-refractivity contribution < 1.29 is 4.42 Å². The molecule has 0 fully saturated rings. The van der Waals surface area contributed by atoms with E-state index in [0.29, 0.717) is 0 Å². The minimum Gasteiger partial charge on any atom is -0.456 e. The van der Waals surface area contributed by atoms with Crippen molar-refractivity contribution in [3.05, 3.63) is 146 Å². The third-order valence-electron chi connectivity index (χ3n) is 9.16. The van der Waals surface area contributed by atoms with Gasteiger partial charge in [-0.3, -0.25) is 0 Å². The van der Waals surface area contributed by atoms with Gasteiger partial charge in [0, 0.05) is 43.7 Å². The van der Waals surface area contributed by atoms with E-state index in [1.54, 1.807) is 6.08 Å². The molecule has 0 saturated heterocycles. The molecule has 0 N–H and O–H groups in total. The van der Waals surface area contributed by atoms with Crippen molar-refractivity contribution in [2.45, 2.75) is 6.92 Å². The van der Waals surface area contributed by atoms with E-state index in [-0.39, 0.29) is 0 Å². The highest BCUT2D eigenvalue weighted by Gasteiger charge is 2.18. The van der Waals surface area contributed by atoms with Crippen molar-refractivity contribution in [1.82, 2.24) is 9.13 Å². The number of nitrogens with zero attached hydrogens (tertiary/aromatic N) is 2. The van der Waals surface area contributed by atoms with Gasteiger partial charge in [-0.05, 0) is 84.8 Å². The van der Waals surface area contributed by atoms with Gasteiger partial charge in [0.15, 0.2) is 0 Å². The maximum absolute atomic E-state index is 6.11. The zero-order chi connectivity index (χ0) is 30.8. The summed E-state index contributed by atoms with van der Waals surface area (Å²) in [4.78, 5) is 0. The number of para-hydroxylation sites is 3. The Morgan fingerprint density at radius 2 is 1.26 bits per heavy atom. The number of fused-ring (bicyclic) bond motifs is 9. The van der Waals surface area contributed by atoms with Gasteiger partial charge in [0.25, 0.3) is 0 Å². The molecular weight excluding hydrogens is 560 g/mol. The molecule has 3 heterocycles. The fourth-order valence-electron chi connectivity index (χ4n) is 7.14. The minimum atomic E-state index is 0.906. The largest absolute Gasteiger partial charge is 0.456 e. The van der Waals surface area contributed by atoms with E-state index in [9.17, 15) is 0 Å². The second-order valence-electron chi connectivity index (χ2n) is 11.8. The molecule has 3 nitrogen and oxygen atoms in total. The fraction of sp³-hybridized carbons (Fsp3) is 0.0233. The number of aromatic nitrogens is 2. The van der Waals surface area contributed by atoms with Gasteiger partial charge in [0.2, 0.25) is 0 Å². The summed E-state index contributed by atoms with van der Waals surface area (Å²) in [5.41, 5.74) is 11.1. The van der Waals surface area contributed by atoms with Crippen molar-refractivity contribution in [2.75, 3.05) is 0 Å². The molecule has 0 spiro atoms. The molecule has 6 aromatic carbocycles. The third-order valence-corrected chi connectivity index (χ3v) is 9.16. The van der Waals surface area contributed by atoms with Crippen LogP contribution in [0.1, 0.15) is 6.92 Å². The standard InChI is InChI=1S/C43H28N2O/c1-3-4-5-13-28(2)44-38-19-9-6-16-32(38)35-27-41-36(26-40(35)44)33-17-7-10-20-39(33)45(41)31-15-12-14-29(24-31)30-22-23-43-37(25-30)34-18-8-11-21-42(34)46-43/h1,4-27H,2H3/b5-4-,28-13+. The first-order chi connectivity index (χ1) is 22.7. The SMILES string of the molecule is C#C/C=C\C=C(/C)n1c2ccccc2c2cc3c(cc21)c1ccccc1n3-c1cccc(-c2ccc3oc4ccccc4c3c2)c1. The van der Waals surface area contributed by atoms with E-state index in [4.69, 9.17) is 10.8 Å². The lowest BCUT2D eigenvalue weighted by atomic mass is 10.0. The second kappa shape index (κ2) is 10.2. The number of terminal acetylenes is 1. The summed E-state index contributed by atoms with van der Waals surface area (Å²) in [5.74, 6) is 2.59. The van der Waals surface area contributed by atoms with Crippen LogP contribution in [0.3, 0.4) is 0 Å². The minimum absolute atomic E-state index is 0.906. The Morgan fingerprint density at radius 1 is 0.587 bits per heavy atom. The van der Waals surface area contributed by atoms with Crippen LogP contribution >= 0.6 is 0 Å². The first-order valence-corrected chi connectivity index (χ1v) is 15.5. The molecule has 3 heteroatoms. The number of hydrogen-bond acceptors (Lipinski definition) is 1. The van der Waals surface area contributed by atoms with Crippen molar-refractivity contribution in [3.63, 3.8) is 0 Å². The maximum Gasteiger partial charge on any atom is 0.135 e. The Balaban J connectivity index is 1.29. The Kier molecular flexibility index (Phi) is 5.78. The maximum atomic E-state index is 6.11. The van der Waals surface area contributed by atoms with Crippen molar-refractivity contribution in [1.29, 1.82) is 0 Å². The molecule has 0 saturated carbocycles. The summed E-state index contributed by atoms with van der Waals surface area (Å²) < 4.78 is 10.9. The summed E-state index contributed by atoms with van der Waals surface area (Å²) >= 11 is 0. The molecule has 0 atom stereocenters.